The van der Waals surface area contributed by atoms with E-state index in [9.17, 15) is 4.79 Å². The van der Waals surface area contributed by atoms with Gasteiger partial charge in [-0.1, -0.05) is 36.0 Å². The minimum Gasteiger partial charge on any atom is -0.307 e. The van der Waals surface area contributed by atoms with Crippen molar-refractivity contribution >= 4 is 28.3 Å². The number of para-hydroxylation sites is 1. The lowest BCUT2D eigenvalue weighted by Crippen LogP contribution is -2.22. The third kappa shape index (κ3) is 3.27. The molecule has 0 fully saturated rings. The van der Waals surface area contributed by atoms with Crippen LogP contribution in [0.15, 0.2) is 77.1 Å². The summed E-state index contributed by atoms with van der Waals surface area (Å²) in [6, 6.07) is 15.3. The second kappa shape index (κ2) is 7.42. The van der Waals surface area contributed by atoms with Gasteiger partial charge < -0.3 is 4.40 Å². The Hall–Kier alpha value is -3.45. The Labute approximate surface area is 177 Å². The molecule has 148 valence electrons. The van der Waals surface area contributed by atoms with E-state index < -0.39 is 0 Å². The van der Waals surface area contributed by atoms with Crippen LogP contribution in [0.2, 0.25) is 0 Å². The van der Waals surface area contributed by atoms with Crippen LogP contribution in [0.1, 0.15) is 16.8 Å². The lowest BCUT2D eigenvalue weighted by atomic mass is 10.2. The number of hydrogen-bond donors (Lipinski definition) is 0. The standard InChI is InChI=1S/C23H19N5OS/c1-15-9-10-20(24-12-15)28-22(29)18-7-3-4-8-19(18)26-23(28)30-14-17-13-27-11-5-6-16(2)21(27)25-17/h3-13H,14H2,1-2H3. The monoisotopic (exact) mass is 413 g/mol. The van der Waals surface area contributed by atoms with E-state index >= 15 is 0 Å². The Kier molecular flexibility index (Phi) is 4.59. The zero-order valence-electron chi connectivity index (χ0n) is 16.6. The lowest BCUT2D eigenvalue weighted by Gasteiger charge is -2.12. The van der Waals surface area contributed by atoms with Gasteiger partial charge in [0.1, 0.15) is 11.5 Å². The molecule has 1 aromatic carbocycles. The topological polar surface area (TPSA) is 65.1 Å². The fourth-order valence-corrected chi connectivity index (χ4v) is 4.30. The highest BCUT2D eigenvalue weighted by Gasteiger charge is 2.15. The number of rotatable bonds is 4. The third-order valence-electron chi connectivity index (χ3n) is 4.95. The summed E-state index contributed by atoms with van der Waals surface area (Å²) >= 11 is 1.49. The number of aromatic nitrogens is 5. The van der Waals surface area contributed by atoms with E-state index in [0.717, 1.165) is 22.5 Å². The number of hydrogen-bond acceptors (Lipinski definition) is 5. The normalized spacial score (nSPS) is 11.4. The molecule has 4 heterocycles. The van der Waals surface area contributed by atoms with Crippen LogP contribution in [-0.4, -0.2) is 23.9 Å². The fraction of sp³-hybridized carbons (Fsp3) is 0.130. The Morgan fingerprint density at radius 1 is 1.00 bits per heavy atom. The Morgan fingerprint density at radius 2 is 1.87 bits per heavy atom. The van der Waals surface area contributed by atoms with E-state index in [0.29, 0.717) is 27.6 Å². The summed E-state index contributed by atoms with van der Waals surface area (Å²) in [6.45, 7) is 4.02. The highest BCUT2D eigenvalue weighted by Crippen LogP contribution is 2.24. The maximum Gasteiger partial charge on any atom is 0.267 e. The molecule has 30 heavy (non-hydrogen) atoms. The van der Waals surface area contributed by atoms with Crippen LogP contribution in [0.5, 0.6) is 0 Å². The van der Waals surface area contributed by atoms with Crippen molar-refractivity contribution in [3.8, 4) is 5.82 Å². The third-order valence-corrected chi connectivity index (χ3v) is 5.92. The minimum absolute atomic E-state index is 0.120. The van der Waals surface area contributed by atoms with E-state index in [4.69, 9.17) is 9.97 Å². The first-order valence-electron chi connectivity index (χ1n) is 9.61. The van der Waals surface area contributed by atoms with E-state index in [1.54, 1.807) is 16.8 Å². The molecule has 0 spiro atoms. The minimum atomic E-state index is -0.120. The predicted octanol–water partition coefficient (Wildman–Crippen LogP) is 4.34. The van der Waals surface area contributed by atoms with Gasteiger partial charge in [-0.3, -0.25) is 4.79 Å². The van der Waals surface area contributed by atoms with Gasteiger partial charge in [-0.15, -0.1) is 0 Å². The molecule has 0 bridgehead atoms. The first-order valence-corrected chi connectivity index (χ1v) is 10.6. The number of aryl methyl sites for hydroxylation is 2. The molecule has 0 aliphatic heterocycles. The highest BCUT2D eigenvalue weighted by atomic mass is 32.2. The Balaban J connectivity index is 1.59. The number of imidazole rings is 1. The smallest absolute Gasteiger partial charge is 0.267 e. The summed E-state index contributed by atoms with van der Waals surface area (Å²) in [5.41, 5.74) is 4.59. The summed E-state index contributed by atoms with van der Waals surface area (Å²) in [4.78, 5) is 27.3. The number of benzene rings is 1. The Bertz CT molecular complexity index is 1440. The molecule has 0 unspecified atom stereocenters. The molecule has 0 aliphatic carbocycles. The van der Waals surface area contributed by atoms with Gasteiger partial charge in [0.2, 0.25) is 0 Å². The number of nitrogens with zero attached hydrogens (tertiary/aromatic N) is 5. The van der Waals surface area contributed by atoms with Crippen molar-refractivity contribution in [3.63, 3.8) is 0 Å². The van der Waals surface area contributed by atoms with Crippen molar-refractivity contribution in [1.82, 2.24) is 23.9 Å². The van der Waals surface area contributed by atoms with Crippen LogP contribution < -0.4 is 5.56 Å². The average Bonchev–Trinajstić information content (AvgIpc) is 3.18. The van der Waals surface area contributed by atoms with E-state index in [-0.39, 0.29) is 5.56 Å². The van der Waals surface area contributed by atoms with E-state index in [1.807, 2.05) is 73.1 Å². The molecule has 5 aromatic rings. The quantitative estimate of drug-likeness (QED) is 0.324. The molecule has 0 N–H and O–H groups in total. The van der Waals surface area contributed by atoms with Gasteiger partial charge in [-0.05, 0) is 49.2 Å². The number of pyridine rings is 2. The van der Waals surface area contributed by atoms with Crippen molar-refractivity contribution in [2.45, 2.75) is 24.8 Å². The van der Waals surface area contributed by atoms with Gasteiger partial charge in [-0.25, -0.2) is 19.5 Å². The van der Waals surface area contributed by atoms with Crippen molar-refractivity contribution in [1.29, 1.82) is 0 Å². The maximum absolute atomic E-state index is 13.3. The average molecular weight is 414 g/mol. The highest BCUT2D eigenvalue weighted by molar-refractivity contribution is 7.98. The van der Waals surface area contributed by atoms with Crippen molar-refractivity contribution in [2.75, 3.05) is 0 Å². The summed E-state index contributed by atoms with van der Waals surface area (Å²) in [5.74, 6) is 1.16. The summed E-state index contributed by atoms with van der Waals surface area (Å²) in [6.07, 6.45) is 5.77. The molecule has 0 atom stereocenters. The molecule has 0 radical (unpaired) electrons. The molecule has 0 aliphatic rings. The molecular weight excluding hydrogens is 394 g/mol. The van der Waals surface area contributed by atoms with Crippen LogP contribution >= 0.6 is 11.8 Å². The van der Waals surface area contributed by atoms with Gasteiger partial charge in [0.15, 0.2) is 5.16 Å². The number of fused-ring (bicyclic) bond motifs is 2. The molecule has 7 heteroatoms. The van der Waals surface area contributed by atoms with E-state index in [1.165, 1.54) is 11.8 Å². The van der Waals surface area contributed by atoms with Crippen molar-refractivity contribution < 1.29 is 0 Å². The molecule has 4 aromatic heterocycles. The first-order chi connectivity index (χ1) is 14.6. The fourth-order valence-electron chi connectivity index (χ4n) is 3.42. The second-order valence-corrected chi connectivity index (χ2v) is 8.13. The van der Waals surface area contributed by atoms with Crippen LogP contribution in [0.25, 0.3) is 22.4 Å². The molecular formula is C23H19N5OS. The van der Waals surface area contributed by atoms with Gasteiger partial charge in [0, 0.05) is 24.3 Å². The van der Waals surface area contributed by atoms with Crippen LogP contribution in [0, 0.1) is 13.8 Å². The SMILES string of the molecule is Cc1ccc(-n2c(SCc3cn4cccc(C)c4n3)nc3ccccc3c2=O)nc1. The second-order valence-electron chi connectivity index (χ2n) is 7.19. The first kappa shape index (κ1) is 18.6. The largest absolute Gasteiger partial charge is 0.307 e. The number of thioether (sulfide) groups is 1. The maximum atomic E-state index is 13.3. The van der Waals surface area contributed by atoms with Crippen LogP contribution in [0.4, 0.5) is 0 Å². The predicted molar refractivity (Wildman–Crippen MR) is 119 cm³/mol. The zero-order chi connectivity index (χ0) is 20.7. The van der Waals surface area contributed by atoms with Crippen molar-refractivity contribution in [3.05, 3.63) is 94.3 Å². The molecule has 0 saturated carbocycles. The van der Waals surface area contributed by atoms with Gasteiger partial charge >= 0.3 is 0 Å². The summed E-state index contributed by atoms with van der Waals surface area (Å²) in [7, 11) is 0. The van der Waals surface area contributed by atoms with Gasteiger partial charge in [0.25, 0.3) is 5.56 Å². The van der Waals surface area contributed by atoms with Gasteiger partial charge in [-0.2, -0.15) is 0 Å². The zero-order valence-corrected chi connectivity index (χ0v) is 17.4. The summed E-state index contributed by atoms with van der Waals surface area (Å²) < 4.78 is 3.61. The lowest BCUT2D eigenvalue weighted by molar-refractivity contribution is 0.794. The molecule has 0 amide bonds. The molecule has 0 saturated heterocycles. The van der Waals surface area contributed by atoms with Crippen LogP contribution in [-0.2, 0) is 5.75 Å². The Morgan fingerprint density at radius 3 is 2.67 bits per heavy atom. The van der Waals surface area contributed by atoms with E-state index in [2.05, 4.69) is 4.98 Å². The van der Waals surface area contributed by atoms with Gasteiger partial charge in [0.05, 0.1) is 16.6 Å². The van der Waals surface area contributed by atoms with Crippen LogP contribution in [0.3, 0.4) is 0 Å². The van der Waals surface area contributed by atoms with Crippen molar-refractivity contribution in [2.24, 2.45) is 0 Å². The molecule has 6 nitrogen and oxygen atoms in total. The summed E-state index contributed by atoms with van der Waals surface area (Å²) in [5, 5.41) is 1.18. The molecule has 5 rings (SSSR count).